The summed E-state index contributed by atoms with van der Waals surface area (Å²) in [6.07, 6.45) is 3.49. The SMILES string of the molecule is COc1ccc(CC2c3cc(OC(C)C)c(OC)cc3CCN2CC(=O)N[C@H]2CCc3ccccc32)cc1OC. The van der Waals surface area contributed by atoms with Crippen molar-refractivity contribution in [1.82, 2.24) is 10.2 Å². The maximum atomic E-state index is 13.4. The maximum Gasteiger partial charge on any atom is 0.234 e. The van der Waals surface area contributed by atoms with Gasteiger partial charge in [-0.1, -0.05) is 30.3 Å². The van der Waals surface area contributed by atoms with Gasteiger partial charge in [-0.15, -0.1) is 0 Å². The minimum absolute atomic E-state index is 0.0102. The highest BCUT2D eigenvalue weighted by atomic mass is 16.5. The molecule has 0 aromatic heterocycles. The molecule has 1 heterocycles. The van der Waals surface area contributed by atoms with Crippen molar-refractivity contribution in [2.45, 2.75) is 57.7 Å². The van der Waals surface area contributed by atoms with Crippen molar-refractivity contribution < 1.29 is 23.7 Å². The van der Waals surface area contributed by atoms with E-state index in [0.29, 0.717) is 24.5 Å². The lowest BCUT2D eigenvalue weighted by atomic mass is 9.88. The number of methoxy groups -OCH3 is 3. The molecule has 0 saturated carbocycles. The van der Waals surface area contributed by atoms with Crippen LogP contribution in [-0.2, 0) is 24.1 Å². The minimum atomic E-state index is -0.0242. The van der Waals surface area contributed by atoms with Crippen molar-refractivity contribution in [3.05, 3.63) is 82.4 Å². The predicted octanol–water partition coefficient (Wildman–Crippen LogP) is 5.45. The van der Waals surface area contributed by atoms with Crippen LogP contribution >= 0.6 is 0 Å². The molecule has 0 saturated heterocycles. The van der Waals surface area contributed by atoms with Crippen LogP contribution in [0, 0.1) is 0 Å². The summed E-state index contributed by atoms with van der Waals surface area (Å²) >= 11 is 0. The normalized spacial score (nSPS) is 18.1. The van der Waals surface area contributed by atoms with Gasteiger partial charge in [-0.05, 0) is 91.6 Å². The van der Waals surface area contributed by atoms with Gasteiger partial charge in [-0.25, -0.2) is 0 Å². The molecule has 1 amide bonds. The third-order valence-corrected chi connectivity index (χ3v) is 7.95. The standard InChI is InChI=1S/C33H40N2O5/c1-21(2)40-32-19-26-24(18-31(32)39-5)14-15-35(28(26)16-22-10-13-29(37-3)30(17-22)38-4)20-33(36)34-27-12-11-23-8-6-7-9-25(23)27/h6-10,13,17-19,21,27-28H,11-12,14-16,20H2,1-5H3,(H,34,36)/t27-,28?/m0/s1. The monoisotopic (exact) mass is 544 g/mol. The van der Waals surface area contributed by atoms with Crippen LogP contribution in [0.2, 0.25) is 0 Å². The summed E-state index contributed by atoms with van der Waals surface area (Å²) in [5, 5.41) is 3.32. The van der Waals surface area contributed by atoms with Crippen molar-refractivity contribution in [3.63, 3.8) is 0 Å². The third-order valence-electron chi connectivity index (χ3n) is 7.95. The van der Waals surface area contributed by atoms with Crippen LogP contribution in [0.1, 0.15) is 60.2 Å². The Hall–Kier alpha value is -3.71. The largest absolute Gasteiger partial charge is 0.493 e. The van der Waals surface area contributed by atoms with Crippen LogP contribution < -0.4 is 24.3 Å². The Kier molecular flexibility index (Phi) is 8.50. The highest BCUT2D eigenvalue weighted by Gasteiger charge is 2.32. The van der Waals surface area contributed by atoms with Gasteiger partial charge >= 0.3 is 0 Å². The number of benzene rings is 3. The fraction of sp³-hybridized carbons (Fsp3) is 0.424. The molecule has 40 heavy (non-hydrogen) atoms. The highest BCUT2D eigenvalue weighted by Crippen LogP contribution is 2.41. The Labute approximate surface area is 237 Å². The van der Waals surface area contributed by atoms with Gasteiger partial charge in [0.1, 0.15) is 0 Å². The summed E-state index contributed by atoms with van der Waals surface area (Å²) in [4.78, 5) is 15.7. The van der Waals surface area contributed by atoms with Crippen LogP contribution in [0.5, 0.6) is 23.0 Å². The predicted molar refractivity (Wildman–Crippen MR) is 156 cm³/mol. The Morgan fingerprint density at radius 3 is 2.38 bits per heavy atom. The zero-order valence-electron chi connectivity index (χ0n) is 24.2. The average Bonchev–Trinajstić information content (AvgIpc) is 3.36. The van der Waals surface area contributed by atoms with E-state index < -0.39 is 0 Å². The number of fused-ring (bicyclic) bond motifs is 2. The fourth-order valence-corrected chi connectivity index (χ4v) is 6.06. The smallest absolute Gasteiger partial charge is 0.234 e. The van der Waals surface area contributed by atoms with Crippen molar-refractivity contribution >= 4 is 5.91 Å². The second-order valence-corrected chi connectivity index (χ2v) is 10.9. The topological polar surface area (TPSA) is 69.3 Å². The number of rotatable bonds is 10. The molecule has 0 fully saturated rings. The van der Waals surface area contributed by atoms with Gasteiger partial charge < -0.3 is 24.3 Å². The summed E-state index contributed by atoms with van der Waals surface area (Å²) in [5.74, 6) is 2.90. The van der Waals surface area contributed by atoms with Gasteiger partial charge in [0.05, 0.1) is 40.0 Å². The van der Waals surface area contributed by atoms with Crippen LogP contribution in [-0.4, -0.2) is 51.3 Å². The average molecular weight is 545 g/mol. The number of carbonyl (C=O) groups excluding carboxylic acids is 1. The first kappa shape index (κ1) is 27.8. The van der Waals surface area contributed by atoms with Crippen LogP contribution in [0.15, 0.2) is 54.6 Å². The van der Waals surface area contributed by atoms with Gasteiger partial charge in [0.2, 0.25) is 5.91 Å². The molecule has 7 heteroatoms. The lowest BCUT2D eigenvalue weighted by Crippen LogP contribution is -2.44. The molecular formula is C33H40N2O5. The Morgan fingerprint density at radius 2 is 1.62 bits per heavy atom. The second kappa shape index (κ2) is 12.2. The fourth-order valence-electron chi connectivity index (χ4n) is 6.06. The first-order valence-corrected chi connectivity index (χ1v) is 14.1. The summed E-state index contributed by atoms with van der Waals surface area (Å²) in [6, 6.07) is 18.7. The van der Waals surface area contributed by atoms with Gasteiger partial charge in [0, 0.05) is 12.6 Å². The number of amides is 1. The van der Waals surface area contributed by atoms with Gasteiger partial charge in [-0.2, -0.15) is 0 Å². The van der Waals surface area contributed by atoms with E-state index >= 15 is 0 Å². The third kappa shape index (κ3) is 5.89. The van der Waals surface area contributed by atoms with Crippen LogP contribution in [0.4, 0.5) is 0 Å². The molecule has 3 aromatic carbocycles. The van der Waals surface area contributed by atoms with Gasteiger partial charge in [0.15, 0.2) is 23.0 Å². The molecule has 0 radical (unpaired) electrons. The molecule has 1 aliphatic carbocycles. The van der Waals surface area contributed by atoms with E-state index in [1.165, 1.54) is 16.7 Å². The molecule has 7 nitrogen and oxygen atoms in total. The maximum absolute atomic E-state index is 13.4. The van der Waals surface area contributed by atoms with E-state index in [2.05, 4.69) is 52.7 Å². The number of aryl methyl sites for hydroxylation is 1. The summed E-state index contributed by atoms with van der Waals surface area (Å²) in [6.45, 7) is 5.12. The second-order valence-electron chi connectivity index (χ2n) is 10.9. The Morgan fingerprint density at radius 1 is 0.875 bits per heavy atom. The van der Waals surface area contributed by atoms with E-state index in [0.717, 1.165) is 48.4 Å². The van der Waals surface area contributed by atoms with E-state index in [4.69, 9.17) is 18.9 Å². The first-order chi connectivity index (χ1) is 19.4. The van der Waals surface area contributed by atoms with E-state index in [9.17, 15) is 4.79 Å². The molecule has 0 spiro atoms. The number of nitrogens with zero attached hydrogens (tertiary/aromatic N) is 1. The molecule has 3 aromatic rings. The Bertz CT molecular complexity index is 1350. The zero-order valence-corrected chi connectivity index (χ0v) is 24.2. The van der Waals surface area contributed by atoms with Gasteiger partial charge in [0.25, 0.3) is 0 Å². The van der Waals surface area contributed by atoms with Crippen molar-refractivity contribution in [2.75, 3.05) is 34.4 Å². The molecule has 2 aliphatic rings. The molecule has 212 valence electrons. The van der Waals surface area contributed by atoms with Crippen LogP contribution in [0.3, 0.4) is 0 Å². The lowest BCUT2D eigenvalue weighted by Gasteiger charge is -2.38. The Balaban J connectivity index is 1.44. The number of nitrogens with one attached hydrogen (secondary N) is 1. The molecule has 0 bridgehead atoms. The van der Waals surface area contributed by atoms with E-state index in [1.54, 1.807) is 21.3 Å². The highest BCUT2D eigenvalue weighted by molar-refractivity contribution is 5.79. The number of ether oxygens (including phenoxy) is 4. The van der Waals surface area contributed by atoms with E-state index in [1.807, 2.05) is 26.0 Å². The molecular weight excluding hydrogens is 504 g/mol. The van der Waals surface area contributed by atoms with Crippen LogP contribution in [0.25, 0.3) is 0 Å². The number of hydrogen-bond donors (Lipinski definition) is 1. The van der Waals surface area contributed by atoms with Crippen molar-refractivity contribution in [1.29, 1.82) is 0 Å². The van der Waals surface area contributed by atoms with E-state index in [-0.39, 0.29) is 24.1 Å². The molecule has 2 atom stereocenters. The zero-order chi connectivity index (χ0) is 28.2. The first-order valence-electron chi connectivity index (χ1n) is 14.1. The molecule has 1 aliphatic heterocycles. The van der Waals surface area contributed by atoms with Crippen molar-refractivity contribution in [2.24, 2.45) is 0 Å². The lowest BCUT2D eigenvalue weighted by molar-refractivity contribution is -0.123. The molecule has 1 unspecified atom stereocenters. The summed E-state index contributed by atoms with van der Waals surface area (Å²) in [7, 11) is 4.97. The minimum Gasteiger partial charge on any atom is -0.493 e. The molecule has 5 rings (SSSR count). The summed E-state index contributed by atoms with van der Waals surface area (Å²) in [5.41, 5.74) is 6.06. The quantitative estimate of drug-likeness (QED) is 0.366. The molecule has 1 N–H and O–H groups in total. The van der Waals surface area contributed by atoms with Gasteiger partial charge in [-0.3, -0.25) is 9.69 Å². The van der Waals surface area contributed by atoms with Crippen molar-refractivity contribution in [3.8, 4) is 23.0 Å². The number of carbonyl (C=O) groups is 1. The summed E-state index contributed by atoms with van der Waals surface area (Å²) < 4.78 is 22.9. The number of hydrogen-bond acceptors (Lipinski definition) is 6.